The van der Waals surface area contributed by atoms with Crippen molar-refractivity contribution in [2.24, 2.45) is 5.41 Å². The molecule has 1 fully saturated rings. The normalized spacial score (nSPS) is 21.7. The number of nitrogens with one attached hydrogen (secondary N) is 2. The van der Waals surface area contributed by atoms with Gasteiger partial charge in [0.2, 0.25) is 5.91 Å². The molecule has 0 aliphatic carbocycles. The van der Waals surface area contributed by atoms with Crippen molar-refractivity contribution in [2.45, 2.75) is 50.6 Å². The number of halogens is 6. The van der Waals surface area contributed by atoms with Gasteiger partial charge in [0.05, 0.1) is 24.2 Å². The minimum atomic E-state index is -1.89. The molecule has 0 aromatic heterocycles. The van der Waals surface area contributed by atoms with Crippen LogP contribution in [0.15, 0.2) is 48.5 Å². The maximum Gasteiger partial charge on any atom is 0.343 e. The number of benzene rings is 3. The Kier molecular flexibility index (Phi) is 9.12. The minimum absolute atomic E-state index is 0.0619. The average molecular weight is 636 g/mol. The van der Waals surface area contributed by atoms with Crippen molar-refractivity contribution in [3.63, 3.8) is 0 Å². The Morgan fingerprint density at radius 2 is 1.70 bits per heavy atom. The van der Waals surface area contributed by atoms with Gasteiger partial charge in [-0.15, -0.1) is 0 Å². The number of hydrogen-bond acceptors (Lipinski definition) is 5. The second-order valence-corrected chi connectivity index (χ2v) is 12.3. The molecule has 43 heavy (non-hydrogen) atoms. The summed E-state index contributed by atoms with van der Waals surface area (Å²) in [4.78, 5) is 25.7. The second kappa shape index (κ2) is 12.2. The van der Waals surface area contributed by atoms with Gasteiger partial charge in [0.1, 0.15) is 34.2 Å². The van der Waals surface area contributed by atoms with Crippen molar-refractivity contribution >= 4 is 40.8 Å². The molecule has 226 valence electrons. The minimum Gasteiger partial charge on any atom is -0.465 e. The molecule has 1 amide bonds. The maximum atomic E-state index is 15.7. The second-order valence-electron chi connectivity index (χ2n) is 11.5. The van der Waals surface area contributed by atoms with Crippen LogP contribution in [0, 0.1) is 40.0 Å². The molecule has 0 saturated carbocycles. The third-order valence-corrected chi connectivity index (χ3v) is 7.96. The highest BCUT2D eigenvalue weighted by molar-refractivity contribution is 6.31. The third kappa shape index (κ3) is 6.07. The van der Waals surface area contributed by atoms with E-state index in [1.807, 2.05) is 20.8 Å². The van der Waals surface area contributed by atoms with E-state index < -0.39 is 69.5 Å². The molecule has 1 aliphatic heterocycles. The summed E-state index contributed by atoms with van der Waals surface area (Å²) >= 11 is 12.1. The third-order valence-electron chi connectivity index (χ3n) is 7.43. The fraction of sp³-hybridized carbons (Fsp3) is 0.323. The largest absolute Gasteiger partial charge is 0.465 e. The first-order valence-electron chi connectivity index (χ1n) is 13.1. The van der Waals surface area contributed by atoms with E-state index in [4.69, 9.17) is 23.2 Å². The van der Waals surface area contributed by atoms with Crippen molar-refractivity contribution in [1.29, 1.82) is 5.26 Å². The van der Waals surface area contributed by atoms with Gasteiger partial charge in [-0.2, -0.15) is 5.26 Å². The first-order chi connectivity index (χ1) is 20.1. The van der Waals surface area contributed by atoms with Crippen LogP contribution in [0.5, 0.6) is 0 Å². The summed E-state index contributed by atoms with van der Waals surface area (Å²) in [6.45, 7) is 5.64. The number of ether oxygens (including phenoxy) is 1. The van der Waals surface area contributed by atoms with Crippen LogP contribution in [0.1, 0.15) is 54.6 Å². The highest BCUT2D eigenvalue weighted by atomic mass is 35.5. The first kappa shape index (κ1) is 32.3. The molecule has 6 nitrogen and oxygen atoms in total. The summed E-state index contributed by atoms with van der Waals surface area (Å²) in [6, 6.07) is 9.10. The Balaban J connectivity index is 1.93. The van der Waals surface area contributed by atoms with E-state index >= 15 is 8.78 Å². The molecular weight excluding hydrogens is 609 g/mol. The summed E-state index contributed by atoms with van der Waals surface area (Å²) < 4.78 is 65.2. The number of nitriles is 1. The lowest BCUT2D eigenvalue weighted by Gasteiger charge is -2.37. The lowest BCUT2D eigenvalue weighted by molar-refractivity contribution is -0.118. The monoisotopic (exact) mass is 635 g/mol. The molecule has 1 heterocycles. The van der Waals surface area contributed by atoms with E-state index in [9.17, 15) is 23.6 Å². The number of esters is 1. The molecule has 2 N–H and O–H groups in total. The zero-order chi connectivity index (χ0) is 31.9. The lowest BCUT2D eigenvalue weighted by Crippen LogP contribution is -2.45. The van der Waals surface area contributed by atoms with E-state index in [1.165, 1.54) is 30.3 Å². The molecule has 12 heteroatoms. The van der Waals surface area contributed by atoms with Crippen LogP contribution in [-0.2, 0) is 14.9 Å². The van der Waals surface area contributed by atoms with E-state index in [0.717, 1.165) is 25.3 Å². The number of carbonyl (C=O) groups is 2. The highest BCUT2D eigenvalue weighted by Gasteiger charge is 2.61. The highest BCUT2D eigenvalue weighted by Crippen LogP contribution is 2.53. The zero-order valence-corrected chi connectivity index (χ0v) is 25.0. The fourth-order valence-corrected chi connectivity index (χ4v) is 6.06. The Bertz CT molecular complexity index is 1620. The molecular formula is C31H27Cl2F4N3O3. The van der Waals surface area contributed by atoms with Crippen LogP contribution in [-0.4, -0.2) is 31.1 Å². The Hall–Kier alpha value is -3.65. The first-order valence-corrected chi connectivity index (χ1v) is 13.8. The molecule has 3 aromatic rings. The standard InChI is InChI=1S/C31H27Cl2F4N3O3/c1-30(2,3)13-23-31(14-38,18-9-8-15(32)10-20(18)34)25(17-6-5-7-19(33)26(17)37)27(40-23)28(41)39-16-11-21(35)24(22(36)12-16)29(42)43-4/h5-12,23,25,27,40H,13H2,1-4H3,(H,39,41)/t23-,25-,27+,31-/m0/s1. The Morgan fingerprint density at radius 1 is 1.05 bits per heavy atom. The summed E-state index contributed by atoms with van der Waals surface area (Å²) in [6.07, 6.45) is 0.224. The summed E-state index contributed by atoms with van der Waals surface area (Å²) in [5, 5.41) is 16.1. The quantitative estimate of drug-likeness (QED) is 0.219. The smallest absolute Gasteiger partial charge is 0.343 e. The van der Waals surface area contributed by atoms with Crippen LogP contribution in [0.25, 0.3) is 0 Å². The van der Waals surface area contributed by atoms with Crippen LogP contribution in [0.4, 0.5) is 23.2 Å². The number of hydrogen-bond donors (Lipinski definition) is 2. The van der Waals surface area contributed by atoms with Crippen LogP contribution in [0.3, 0.4) is 0 Å². The number of nitrogens with zero attached hydrogens (tertiary/aromatic N) is 1. The molecule has 1 aliphatic rings. The van der Waals surface area contributed by atoms with E-state index in [1.54, 1.807) is 0 Å². The van der Waals surface area contributed by atoms with Gasteiger partial charge in [-0.3, -0.25) is 4.79 Å². The van der Waals surface area contributed by atoms with Crippen molar-refractivity contribution in [2.75, 3.05) is 12.4 Å². The van der Waals surface area contributed by atoms with Gasteiger partial charge in [0.25, 0.3) is 0 Å². The summed E-state index contributed by atoms with van der Waals surface area (Å²) in [5.41, 5.74) is -3.95. The van der Waals surface area contributed by atoms with Gasteiger partial charge in [-0.05, 0) is 47.7 Å². The zero-order valence-electron chi connectivity index (χ0n) is 23.5. The van der Waals surface area contributed by atoms with Gasteiger partial charge in [0.15, 0.2) is 0 Å². The van der Waals surface area contributed by atoms with Gasteiger partial charge in [-0.25, -0.2) is 22.4 Å². The molecule has 4 rings (SSSR count). The number of anilines is 1. The fourth-order valence-electron chi connectivity index (χ4n) is 5.72. The van der Waals surface area contributed by atoms with Crippen molar-refractivity contribution in [1.82, 2.24) is 5.32 Å². The summed E-state index contributed by atoms with van der Waals surface area (Å²) in [5.74, 6) is -7.89. The average Bonchev–Trinajstić information content (AvgIpc) is 3.22. The molecule has 3 aromatic carbocycles. The molecule has 0 bridgehead atoms. The SMILES string of the molecule is COC(=O)c1c(F)cc(NC(=O)[C@@H]2N[C@@H](CC(C)(C)C)[C@](C#N)(c3ccc(Cl)cc3F)[C@H]2c2cccc(Cl)c2F)cc1F. The molecule has 0 radical (unpaired) electrons. The number of amides is 1. The number of rotatable bonds is 6. The molecule has 1 saturated heterocycles. The lowest BCUT2D eigenvalue weighted by atomic mass is 9.62. The predicted octanol–water partition coefficient (Wildman–Crippen LogP) is 7.30. The van der Waals surface area contributed by atoms with Crippen molar-refractivity contribution in [3.05, 3.63) is 98.5 Å². The van der Waals surface area contributed by atoms with Gasteiger partial charge < -0.3 is 15.4 Å². The van der Waals surface area contributed by atoms with Crippen LogP contribution >= 0.6 is 23.2 Å². The maximum absolute atomic E-state index is 15.7. The molecule has 4 atom stereocenters. The Labute approximate surface area is 255 Å². The summed E-state index contributed by atoms with van der Waals surface area (Å²) in [7, 11) is 0.955. The van der Waals surface area contributed by atoms with Crippen LogP contribution < -0.4 is 10.6 Å². The topological polar surface area (TPSA) is 91.2 Å². The van der Waals surface area contributed by atoms with E-state index in [0.29, 0.717) is 0 Å². The van der Waals surface area contributed by atoms with E-state index in [2.05, 4.69) is 21.4 Å². The van der Waals surface area contributed by atoms with Crippen molar-refractivity contribution in [3.8, 4) is 6.07 Å². The van der Waals surface area contributed by atoms with E-state index in [-0.39, 0.29) is 33.3 Å². The Morgan fingerprint density at radius 3 is 2.26 bits per heavy atom. The van der Waals surface area contributed by atoms with Crippen LogP contribution in [0.2, 0.25) is 10.0 Å². The van der Waals surface area contributed by atoms with Gasteiger partial charge >= 0.3 is 5.97 Å². The molecule has 0 spiro atoms. The van der Waals surface area contributed by atoms with Gasteiger partial charge in [-0.1, -0.05) is 62.2 Å². The molecule has 0 unspecified atom stereocenters. The predicted molar refractivity (Wildman–Crippen MR) is 154 cm³/mol. The number of methoxy groups -OCH3 is 1. The van der Waals surface area contributed by atoms with Gasteiger partial charge in [0, 0.05) is 28.2 Å². The van der Waals surface area contributed by atoms with Crippen molar-refractivity contribution < 1.29 is 31.9 Å². The number of carbonyl (C=O) groups excluding carboxylic acids is 2.